The number of aliphatic hydroxyl groups is 3. The lowest BCUT2D eigenvalue weighted by Gasteiger charge is -2.44. The lowest BCUT2D eigenvalue weighted by molar-refractivity contribution is -0.152. The number of aliphatic carboxylic acids is 1. The third kappa shape index (κ3) is 5.97. The van der Waals surface area contributed by atoms with Gasteiger partial charge >= 0.3 is 5.97 Å². The zero-order chi connectivity index (χ0) is 27.9. The highest BCUT2D eigenvalue weighted by atomic mass is 16.5. The minimum Gasteiger partial charge on any atom is -0.481 e. The molecule has 38 heavy (non-hydrogen) atoms. The third-order valence-electron chi connectivity index (χ3n) is 9.79. The first-order valence-electron chi connectivity index (χ1n) is 14.3. The molecular formula is C32H46O6. The molecule has 0 aromatic heterocycles. The van der Waals surface area contributed by atoms with Crippen LogP contribution in [-0.4, -0.2) is 56.9 Å². The van der Waals surface area contributed by atoms with Gasteiger partial charge in [0.2, 0.25) is 0 Å². The van der Waals surface area contributed by atoms with Crippen LogP contribution in [-0.2, 0) is 9.53 Å². The van der Waals surface area contributed by atoms with E-state index in [1.54, 1.807) is 13.8 Å². The molecule has 0 aromatic carbocycles. The van der Waals surface area contributed by atoms with E-state index >= 15 is 0 Å². The number of allylic oxidation sites excluding steroid dienone is 3. The summed E-state index contributed by atoms with van der Waals surface area (Å²) in [5.41, 5.74) is 1.21. The van der Waals surface area contributed by atoms with Crippen LogP contribution in [0.25, 0.3) is 0 Å². The Kier molecular flexibility index (Phi) is 8.36. The molecule has 0 heterocycles. The van der Waals surface area contributed by atoms with E-state index in [0.29, 0.717) is 42.6 Å². The van der Waals surface area contributed by atoms with E-state index < -0.39 is 35.3 Å². The first-order valence-corrected chi connectivity index (χ1v) is 14.3. The summed E-state index contributed by atoms with van der Waals surface area (Å²) in [4.78, 5) is 11.5. The molecule has 4 rings (SSSR count). The number of rotatable bonds is 7. The van der Waals surface area contributed by atoms with Crippen LogP contribution >= 0.6 is 0 Å². The summed E-state index contributed by atoms with van der Waals surface area (Å²) >= 11 is 0. The van der Waals surface area contributed by atoms with Crippen molar-refractivity contribution in [1.29, 1.82) is 0 Å². The normalized spacial score (nSPS) is 37.4. The summed E-state index contributed by atoms with van der Waals surface area (Å²) in [7, 11) is 0. The fraction of sp³-hybridized carbons (Fsp3) is 0.719. The van der Waals surface area contributed by atoms with Crippen molar-refractivity contribution in [3.05, 3.63) is 35.5 Å². The monoisotopic (exact) mass is 526 g/mol. The second-order valence-electron chi connectivity index (χ2n) is 13.2. The summed E-state index contributed by atoms with van der Waals surface area (Å²) in [6, 6.07) is 0. The predicted molar refractivity (Wildman–Crippen MR) is 147 cm³/mol. The van der Waals surface area contributed by atoms with Crippen molar-refractivity contribution in [2.24, 2.45) is 28.6 Å². The standard InChI is InChI=1S/C32H46O6/c1-20(8-6-14-30(3,4)37)24-12-13-25-22(9-7-15-31(24,25)5)10-11-23-18-26(33)28(27(34)21(23)2)38-19-32(16-17-32)29(35)36/h10-11,20,24-28,33-34,37H,2,7-9,12-13,15-19H2,1,3-5H3,(H,35,36)/t20-,24-,25?,26-,27-,28+,31-/m1/s1. The Balaban J connectivity index is 1.43. The molecule has 4 saturated carbocycles. The molecule has 4 fully saturated rings. The van der Waals surface area contributed by atoms with Gasteiger partial charge in [-0.2, -0.15) is 0 Å². The lowest BCUT2D eigenvalue weighted by Crippen LogP contribution is -2.46. The molecule has 0 spiro atoms. The molecule has 4 aliphatic carbocycles. The predicted octanol–water partition coefficient (Wildman–Crippen LogP) is 4.79. The van der Waals surface area contributed by atoms with Gasteiger partial charge in [0, 0.05) is 12.8 Å². The zero-order valence-corrected chi connectivity index (χ0v) is 23.5. The lowest BCUT2D eigenvalue weighted by atomic mass is 9.61. The minimum absolute atomic E-state index is 0.000688. The van der Waals surface area contributed by atoms with Crippen LogP contribution in [0.2, 0.25) is 0 Å². The van der Waals surface area contributed by atoms with Gasteiger partial charge in [-0.1, -0.05) is 44.1 Å². The highest BCUT2D eigenvalue weighted by Crippen LogP contribution is 2.59. The fourth-order valence-electron chi connectivity index (χ4n) is 7.27. The molecule has 4 N–H and O–H groups in total. The Hall–Kier alpha value is -1.91. The fourth-order valence-corrected chi connectivity index (χ4v) is 7.27. The average Bonchev–Trinajstić information content (AvgIpc) is 3.54. The van der Waals surface area contributed by atoms with E-state index in [-0.39, 0.29) is 12.0 Å². The van der Waals surface area contributed by atoms with Crippen LogP contribution in [0.5, 0.6) is 0 Å². The first-order chi connectivity index (χ1) is 17.8. The summed E-state index contributed by atoms with van der Waals surface area (Å²) in [6.07, 6.45) is 9.40. The van der Waals surface area contributed by atoms with Crippen LogP contribution in [0.1, 0.15) is 85.5 Å². The Morgan fingerprint density at radius 1 is 1.24 bits per heavy atom. The van der Waals surface area contributed by atoms with Crippen LogP contribution in [0.4, 0.5) is 0 Å². The van der Waals surface area contributed by atoms with E-state index in [4.69, 9.17) is 4.74 Å². The van der Waals surface area contributed by atoms with Crippen molar-refractivity contribution in [1.82, 2.24) is 0 Å². The van der Waals surface area contributed by atoms with Crippen LogP contribution in [0.3, 0.4) is 0 Å². The SMILES string of the molecule is C=C1C(=CC=C2CCC[C@@]3(C)C2CC[C@@H]3[C@H](C)CC#CC(C)(C)O)C[C@@H](O)[C@H](OCC2(C(=O)O)CC2)[C@@H]1O. The van der Waals surface area contributed by atoms with Crippen LogP contribution < -0.4 is 0 Å². The number of hydrogen-bond acceptors (Lipinski definition) is 5. The molecule has 4 aliphatic rings. The van der Waals surface area contributed by atoms with Crippen molar-refractivity contribution in [3.8, 4) is 11.8 Å². The number of hydrogen-bond donors (Lipinski definition) is 4. The maximum Gasteiger partial charge on any atom is 0.311 e. The molecule has 210 valence electrons. The smallest absolute Gasteiger partial charge is 0.311 e. The van der Waals surface area contributed by atoms with Crippen molar-refractivity contribution in [3.63, 3.8) is 0 Å². The molecule has 6 heteroatoms. The molecule has 0 aliphatic heterocycles. The van der Waals surface area contributed by atoms with Gasteiger partial charge in [0.05, 0.1) is 18.1 Å². The quantitative estimate of drug-likeness (QED) is 0.356. The Bertz CT molecular complexity index is 1050. The number of carboxylic acid groups (broad SMARTS) is 1. The van der Waals surface area contributed by atoms with Gasteiger partial charge in [-0.3, -0.25) is 4.79 Å². The summed E-state index contributed by atoms with van der Waals surface area (Å²) in [6.45, 7) is 12.3. The van der Waals surface area contributed by atoms with Gasteiger partial charge in [-0.15, -0.1) is 5.92 Å². The van der Waals surface area contributed by atoms with Gasteiger partial charge in [0.25, 0.3) is 0 Å². The van der Waals surface area contributed by atoms with Crippen molar-refractivity contribution >= 4 is 5.97 Å². The zero-order valence-electron chi connectivity index (χ0n) is 23.5. The van der Waals surface area contributed by atoms with Gasteiger partial charge in [0.15, 0.2) is 0 Å². The van der Waals surface area contributed by atoms with E-state index in [0.717, 1.165) is 31.3 Å². The molecule has 1 unspecified atom stereocenters. The van der Waals surface area contributed by atoms with Crippen molar-refractivity contribution in [2.75, 3.05) is 6.61 Å². The largest absolute Gasteiger partial charge is 0.481 e. The van der Waals surface area contributed by atoms with Crippen molar-refractivity contribution in [2.45, 2.75) is 109 Å². The Morgan fingerprint density at radius 2 is 1.95 bits per heavy atom. The molecule has 6 nitrogen and oxygen atoms in total. The number of ether oxygens (including phenoxy) is 1. The third-order valence-corrected chi connectivity index (χ3v) is 9.79. The van der Waals surface area contributed by atoms with Gasteiger partial charge in [0.1, 0.15) is 17.8 Å². The molecule has 0 bridgehead atoms. The summed E-state index contributed by atoms with van der Waals surface area (Å²) in [5, 5.41) is 41.0. The Labute approximate surface area is 227 Å². The number of fused-ring (bicyclic) bond motifs is 1. The second-order valence-corrected chi connectivity index (χ2v) is 13.2. The maximum atomic E-state index is 11.5. The van der Waals surface area contributed by atoms with Crippen LogP contribution in [0, 0.1) is 40.4 Å². The topological polar surface area (TPSA) is 107 Å². The molecule has 0 aromatic rings. The van der Waals surface area contributed by atoms with Gasteiger partial charge < -0.3 is 25.2 Å². The van der Waals surface area contributed by atoms with E-state index in [2.05, 4.69) is 38.3 Å². The number of carbonyl (C=O) groups is 1. The molecular weight excluding hydrogens is 480 g/mol. The first kappa shape index (κ1) is 29.1. The molecule has 7 atom stereocenters. The molecule has 0 radical (unpaired) electrons. The second kappa shape index (κ2) is 10.9. The number of aliphatic hydroxyl groups excluding tert-OH is 2. The number of carboxylic acids is 1. The minimum atomic E-state index is -1.06. The van der Waals surface area contributed by atoms with E-state index in [9.17, 15) is 25.2 Å². The van der Waals surface area contributed by atoms with Crippen molar-refractivity contribution < 1.29 is 30.0 Å². The average molecular weight is 527 g/mol. The van der Waals surface area contributed by atoms with Gasteiger partial charge in [-0.05, 0) is 93.1 Å². The van der Waals surface area contributed by atoms with Gasteiger partial charge in [-0.25, -0.2) is 0 Å². The highest BCUT2D eigenvalue weighted by molar-refractivity contribution is 5.77. The molecule has 0 saturated heterocycles. The van der Waals surface area contributed by atoms with E-state index in [1.165, 1.54) is 18.4 Å². The maximum absolute atomic E-state index is 11.5. The van der Waals surface area contributed by atoms with Crippen LogP contribution in [0.15, 0.2) is 35.5 Å². The Morgan fingerprint density at radius 3 is 2.58 bits per heavy atom. The highest BCUT2D eigenvalue weighted by Gasteiger charge is 2.52. The van der Waals surface area contributed by atoms with E-state index in [1.807, 2.05) is 6.08 Å². The molecule has 0 amide bonds. The summed E-state index contributed by atoms with van der Waals surface area (Å²) < 4.78 is 5.75. The summed E-state index contributed by atoms with van der Waals surface area (Å²) in [5.74, 6) is 6.87.